The Kier molecular flexibility index (Phi) is 5.13. The first-order chi connectivity index (χ1) is 9.54. The van der Waals surface area contributed by atoms with Crippen molar-refractivity contribution in [3.63, 3.8) is 0 Å². The van der Waals surface area contributed by atoms with Gasteiger partial charge in [0.15, 0.2) is 0 Å². The van der Waals surface area contributed by atoms with Crippen LogP contribution >= 0.6 is 33.9 Å². The molecule has 0 unspecified atom stereocenters. The number of rotatable bonds is 4. The highest BCUT2D eigenvalue weighted by molar-refractivity contribution is 14.1. The molecule has 0 aliphatic heterocycles. The van der Waals surface area contributed by atoms with Gasteiger partial charge in [0.05, 0.1) is 8.45 Å². The van der Waals surface area contributed by atoms with Crippen molar-refractivity contribution in [2.45, 2.75) is 13.5 Å². The molecule has 0 saturated carbocycles. The Morgan fingerprint density at radius 1 is 1.25 bits per heavy atom. The molecule has 104 valence electrons. The summed E-state index contributed by atoms with van der Waals surface area (Å²) in [5.41, 5.74) is 2.42. The van der Waals surface area contributed by atoms with E-state index in [4.69, 9.17) is 0 Å². The normalized spacial score (nSPS) is 10.1. The highest BCUT2D eigenvalue weighted by atomic mass is 127. The van der Waals surface area contributed by atoms with Crippen LogP contribution < -0.4 is 10.6 Å². The second-order valence-corrected chi connectivity index (χ2v) is 7.01. The molecule has 2 aromatic rings. The van der Waals surface area contributed by atoms with Gasteiger partial charge in [-0.25, -0.2) is 0 Å². The summed E-state index contributed by atoms with van der Waals surface area (Å²) in [4.78, 5) is 22.8. The van der Waals surface area contributed by atoms with Crippen LogP contribution in [0, 0.1) is 2.88 Å². The average molecular weight is 400 g/mol. The Morgan fingerprint density at radius 3 is 2.50 bits per heavy atom. The van der Waals surface area contributed by atoms with Crippen LogP contribution in [0.5, 0.6) is 0 Å². The molecule has 0 atom stereocenters. The fourth-order valence-electron chi connectivity index (χ4n) is 1.62. The number of hydrogen-bond acceptors (Lipinski definition) is 3. The van der Waals surface area contributed by atoms with E-state index in [1.54, 1.807) is 11.3 Å². The van der Waals surface area contributed by atoms with Crippen molar-refractivity contribution in [2.24, 2.45) is 0 Å². The maximum absolute atomic E-state index is 11.9. The molecule has 6 heteroatoms. The van der Waals surface area contributed by atoms with E-state index >= 15 is 0 Å². The second kappa shape index (κ2) is 6.85. The van der Waals surface area contributed by atoms with E-state index in [0.717, 1.165) is 14.1 Å². The Labute approximate surface area is 134 Å². The number of carbonyl (C=O) groups excluding carboxylic acids is 2. The number of benzene rings is 1. The predicted octanol–water partition coefficient (Wildman–Crippen LogP) is 3.24. The van der Waals surface area contributed by atoms with Crippen molar-refractivity contribution >= 4 is 51.4 Å². The molecule has 0 aliphatic carbocycles. The third-order valence-corrected chi connectivity index (χ3v) is 4.35. The van der Waals surface area contributed by atoms with Gasteiger partial charge in [-0.05, 0) is 46.4 Å². The summed E-state index contributed by atoms with van der Waals surface area (Å²) >= 11 is 3.74. The summed E-state index contributed by atoms with van der Waals surface area (Å²) in [6.07, 6.45) is 0. The minimum Gasteiger partial charge on any atom is -0.348 e. The van der Waals surface area contributed by atoms with Crippen molar-refractivity contribution in [2.75, 3.05) is 5.32 Å². The number of carbonyl (C=O) groups is 2. The van der Waals surface area contributed by atoms with Crippen molar-refractivity contribution in [3.05, 3.63) is 49.7 Å². The molecule has 1 aromatic carbocycles. The number of hydrogen-bond donors (Lipinski definition) is 2. The first kappa shape index (κ1) is 15.0. The molecule has 4 nitrogen and oxygen atoms in total. The maximum Gasteiger partial charge on any atom is 0.252 e. The van der Waals surface area contributed by atoms with Gasteiger partial charge in [-0.2, -0.15) is 0 Å². The molecule has 0 radical (unpaired) electrons. The van der Waals surface area contributed by atoms with Gasteiger partial charge < -0.3 is 10.6 Å². The molecule has 1 heterocycles. The lowest BCUT2D eigenvalue weighted by Crippen LogP contribution is -2.22. The van der Waals surface area contributed by atoms with Crippen molar-refractivity contribution < 1.29 is 9.59 Å². The molecular weight excluding hydrogens is 387 g/mol. The quantitative estimate of drug-likeness (QED) is 0.775. The molecule has 1 aromatic heterocycles. The lowest BCUT2D eigenvalue weighted by molar-refractivity contribution is -0.114. The lowest BCUT2D eigenvalue weighted by atomic mass is 10.2. The van der Waals surface area contributed by atoms with E-state index in [0.29, 0.717) is 12.1 Å². The summed E-state index contributed by atoms with van der Waals surface area (Å²) in [6, 6.07) is 9.25. The smallest absolute Gasteiger partial charge is 0.252 e. The summed E-state index contributed by atoms with van der Waals surface area (Å²) in [6.45, 7) is 1.93. The van der Waals surface area contributed by atoms with Crippen LogP contribution in [-0.4, -0.2) is 11.8 Å². The summed E-state index contributed by atoms with van der Waals surface area (Å²) in [7, 11) is 0. The molecule has 2 N–H and O–H groups in total. The average Bonchev–Trinajstić information content (AvgIpc) is 2.84. The van der Waals surface area contributed by atoms with Crippen LogP contribution in [0.15, 0.2) is 35.7 Å². The second-order valence-electron chi connectivity index (χ2n) is 4.20. The number of anilines is 1. The van der Waals surface area contributed by atoms with E-state index < -0.39 is 0 Å². The highest BCUT2D eigenvalue weighted by Gasteiger charge is 2.07. The molecule has 0 fully saturated rings. The van der Waals surface area contributed by atoms with Crippen molar-refractivity contribution in [3.8, 4) is 0 Å². The number of amides is 2. The van der Waals surface area contributed by atoms with Crippen LogP contribution in [0.4, 0.5) is 5.69 Å². The van der Waals surface area contributed by atoms with Crippen molar-refractivity contribution in [1.29, 1.82) is 0 Å². The molecule has 20 heavy (non-hydrogen) atoms. The summed E-state index contributed by atoms with van der Waals surface area (Å²) in [5.74, 6) is -0.173. The van der Waals surface area contributed by atoms with E-state index in [1.165, 1.54) is 6.92 Å². The molecule has 2 amide bonds. The number of halogens is 1. The third-order valence-electron chi connectivity index (χ3n) is 2.56. The summed E-state index contributed by atoms with van der Waals surface area (Å²) in [5, 5.41) is 7.41. The Morgan fingerprint density at radius 2 is 1.95 bits per heavy atom. The van der Waals surface area contributed by atoms with E-state index in [1.807, 2.05) is 35.7 Å². The van der Waals surface area contributed by atoms with Gasteiger partial charge >= 0.3 is 0 Å². The maximum atomic E-state index is 11.9. The Bertz CT molecular complexity index is 622. The highest BCUT2D eigenvalue weighted by Crippen LogP contribution is 2.16. The van der Waals surface area contributed by atoms with Gasteiger partial charge in [-0.1, -0.05) is 12.1 Å². The van der Waals surface area contributed by atoms with Gasteiger partial charge in [0.2, 0.25) is 5.91 Å². The SMILES string of the molecule is CC(=O)Nc1ccc(CNC(=O)c2csc(I)c2)cc1. The van der Waals surface area contributed by atoms with Crippen LogP contribution in [-0.2, 0) is 11.3 Å². The fourth-order valence-corrected chi connectivity index (χ4v) is 2.95. The Balaban J connectivity index is 1.90. The standard InChI is InChI=1S/C14H13IN2O2S/c1-9(18)17-12-4-2-10(3-5-12)7-16-14(19)11-6-13(15)20-8-11/h2-6,8H,7H2,1H3,(H,16,19)(H,17,18). The van der Waals surface area contributed by atoms with E-state index in [2.05, 4.69) is 33.2 Å². The monoisotopic (exact) mass is 400 g/mol. The van der Waals surface area contributed by atoms with Crippen LogP contribution in [0.3, 0.4) is 0 Å². The third kappa shape index (κ3) is 4.31. The van der Waals surface area contributed by atoms with Crippen LogP contribution in [0.2, 0.25) is 0 Å². The van der Waals surface area contributed by atoms with Crippen molar-refractivity contribution in [1.82, 2.24) is 5.32 Å². The first-order valence-corrected chi connectivity index (χ1v) is 7.89. The predicted molar refractivity (Wildman–Crippen MR) is 89.0 cm³/mol. The van der Waals surface area contributed by atoms with Crippen LogP contribution in [0.25, 0.3) is 0 Å². The molecular formula is C14H13IN2O2S. The van der Waals surface area contributed by atoms with Gasteiger partial charge in [0.1, 0.15) is 0 Å². The van der Waals surface area contributed by atoms with Gasteiger partial charge in [-0.3, -0.25) is 9.59 Å². The minimum absolute atomic E-state index is 0.0740. The minimum atomic E-state index is -0.0990. The van der Waals surface area contributed by atoms with Crippen LogP contribution in [0.1, 0.15) is 22.8 Å². The van der Waals surface area contributed by atoms with E-state index in [9.17, 15) is 9.59 Å². The molecule has 0 aliphatic rings. The largest absolute Gasteiger partial charge is 0.348 e. The molecule has 0 spiro atoms. The first-order valence-electron chi connectivity index (χ1n) is 5.93. The Hall–Kier alpha value is -1.41. The number of thiophene rings is 1. The van der Waals surface area contributed by atoms with Gasteiger partial charge in [0.25, 0.3) is 5.91 Å². The fraction of sp³-hybridized carbons (Fsp3) is 0.143. The topological polar surface area (TPSA) is 58.2 Å². The zero-order valence-electron chi connectivity index (χ0n) is 10.8. The zero-order chi connectivity index (χ0) is 14.5. The molecule has 0 saturated heterocycles. The zero-order valence-corrected chi connectivity index (χ0v) is 13.7. The number of nitrogens with one attached hydrogen (secondary N) is 2. The molecule has 0 bridgehead atoms. The van der Waals surface area contributed by atoms with Gasteiger partial charge in [-0.15, -0.1) is 11.3 Å². The summed E-state index contributed by atoms with van der Waals surface area (Å²) < 4.78 is 1.09. The molecule has 2 rings (SSSR count). The lowest BCUT2D eigenvalue weighted by Gasteiger charge is -2.06. The van der Waals surface area contributed by atoms with Gasteiger partial charge in [0, 0.05) is 24.5 Å². The van der Waals surface area contributed by atoms with E-state index in [-0.39, 0.29) is 11.8 Å².